The fraction of sp³-hybridized carbons (Fsp3) is 0.667. The summed E-state index contributed by atoms with van der Waals surface area (Å²) in [4.78, 5) is 0. The SMILES string of the molecule is Cc1nn(C)c2c1CC(C)CN2. The molecular weight excluding hydrogens is 150 g/mol. The molecule has 3 heteroatoms. The summed E-state index contributed by atoms with van der Waals surface area (Å²) >= 11 is 0. The molecule has 0 saturated heterocycles. The second-order valence-electron chi connectivity index (χ2n) is 3.73. The Kier molecular flexibility index (Phi) is 1.60. The van der Waals surface area contributed by atoms with E-state index < -0.39 is 0 Å². The van der Waals surface area contributed by atoms with E-state index in [0.717, 1.165) is 12.5 Å². The zero-order valence-corrected chi connectivity index (χ0v) is 7.89. The van der Waals surface area contributed by atoms with E-state index >= 15 is 0 Å². The molecule has 0 fully saturated rings. The summed E-state index contributed by atoms with van der Waals surface area (Å²) in [7, 11) is 1.99. The first kappa shape index (κ1) is 7.65. The average molecular weight is 165 g/mol. The highest BCUT2D eigenvalue weighted by molar-refractivity contribution is 5.49. The Hall–Kier alpha value is -0.990. The zero-order chi connectivity index (χ0) is 8.72. The van der Waals surface area contributed by atoms with Crippen LogP contribution >= 0.6 is 0 Å². The number of fused-ring (bicyclic) bond motifs is 1. The Bertz CT molecular complexity index is 301. The number of anilines is 1. The van der Waals surface area contributed by atoms with Gasteiger partial charge in [0, 0.05) is 19.2 Å². The van der Waals surface area contributed by atoms with Crippen LogP contribution in [-0.4, -0.2) is 16.3 Å². The van der Waals surface area contributed by atoms with E-state index in [-0.39, 0.29) is 0 Å². The predicted molar refractivity (Wildman–Crippen MR) is 49.3 cm³/mol. The van der Waals surface area contributed by atoms with Gasteiger partial charge in [0.15, 0.2) is 0 Å². The molecule has 2 rings (SSSR count). The Morgan fingerprint density at radius 1 is 1.58 bits per heavy atom. The van der Waals surface area contributed by atoms with Gasteiger partial charge in [-0.1, -0.05) is 6.92 Å². The maximum atomic E-state index is 4.38. The van der Waals surface area contributed by atoms with E-state index in [1.807, 2.05) is 11.7 Å². The summed E-state index contributed by atoms with van der Waals surface area (Å²) in [5.74, 6) is 1.95. The molecule has 0 amide bonds. The molecule has 1 N–H and O–H groups in total. The fourth-order valence-corrected chi connectivity index (χ4v) is 1.86. The minimum Gasteiger partial charge on any atom is -0.370 e. The molecule has 1 aromatic rings. The van der Waals surface area contributed by atoms with Gasteiger partial charge in [-0.2, -0.15) is 5.10 Å². The maximum absolute atomic E-state index is 4.38. The van der Waals surface area contributed by atoms with Crippen LogP contribution in [0, 0.1) is 12.8 Å². The van der Waals surface area contributed by atoms with Crippen LogP contribution < -0.4 is 5.32 Å². The monoisotopic (exact) mass is 165 g/mol. The first-order valence-corrected chi connectivity index (χ1v) is 4.45. The van der Waals surface area contributed by atoms with Gasteiger partial charge in [0.2, 0.25) is 0 Å². The van der Waals surface area contributed by atoms with Crippen LogP contribution in [0.1, 0.15) is 18.2 Å². The summed E-state index contributed by atoms with van der Waals surface area (Å²) in [6.07, 6.45) is 1.17. The van der Waals surface area contributed by atoms with Crippen LogP contribution in [0.25, 0.3) is 0 Å². The number of hydrogen-bond acceptors (Lipinski definition) is 2. The van der Waals surface area contributed by atoms with Crippen molar-refractivity contribution in [3.05, 3.63) is 11.3 Å². The number of rotatable bonds is 0. The number of aryl methyl sites for hydroxylation is 2. The minimum absolute atomic E-state index is 0.736. The lowest BCUT2D eigenvalue weighted by molar-refractivity contribution is 0.587. The minimum atomic E-state index is 0.736. The van der Waals surface area contributed by atoms with E-state index in [4.69, 9.17) is 0 Å². The molecule has 1 aromatic heterocycles. The molecule has 66 valence electrons. The van der Waals surface area contributed by atoms with E-state index in [1.54, 1.807) is 0 Å². The van der Waals surface area contributed by atoms with Crippen molar-refractivity contribution in [2.24, 2.45) is 13.0 Å². The Balaban J connectivity index is 2.45. The Labute approximate surface area is 72.8 Å². The number of hydrogen-bond donors (Lipinski definition) is 1. The van der Waals surface area contributed by atoms with Crippen LogP contribution in [0.4, 0.5) is 5.82 Å². The van der Waals surface area contributed by atoms with Gasteiger partial charge < -0.3 is 5.32 Å². The van der Waals surface area contributed by atoms with Gasteiger partial charge in [-0.3, -0.25) is 4.68 Å². The summed E-state index contributed by atoms with van der Waals surface area (Å²) in [6.45, 7) is 5.42. The molecule has 0 aliphatic carbocycles. The van der Waals surface area contributed by atoms with Gasteiger partial charge in [0.05, 0.1) is 5.69 Å². The number of aromatic nitrogens is 2. The van der Waals surface area contributed by atoms with E-state index in [0.29, 0.717) is 0 Å². The fourth-order valence-electron chi connectivity index (χ4n) is 1.86. The molecule has 1 aliphatic rings. The van der Waals surface area contributed by atoms with E-state index in [9.17, 15) is 0 Å². The Morgan fingerprint density at radius 2 is 2.33 bits per heavy atom. The highest BCUT2D eigenvalue weighted by Crippen LogP contribution is 2.26. The van der Waals surface area contributed by atoms with Crippen molar-refractivity contribution in [2.75, 3.05) is 11.9 Å². The molecular formula is C9H15N3. The van der Waals surface area contributed by atoms with Gasteiger partial charge >= 0.3 is 0 Å². The quantitative estimate of drug-likeness (QED) is 0.628. The predicted octanol–water partition coefficient (Wildman–Crippen LogP) is 1.33. The highest BCUT2D eigenvalue weighted by atomic mass is 15.3. The summed E-state index contributed by atoms with van der Waals surface area (Å²) < 4.78 is 1.94. The lowest BCUT2D eigenvalue weighted by atomic mass is 9.98. The standard InChI is InChI=1S/C9H15N3/c1-6-4-8-7(2)11-12(3)9(8)10-5-6/h6,10H,4-5H2,1-3H3. The lowest BCUT2D eigenvalue weighted by Crippen LogP contribution is -2.21. The number of nitrogens with one attached hydrogen (secondary N) is 1. The van der Waals surface area contributed by atoms with Crippen molar-refractivity contribution in [3.63, 3.8) is 0 Å². The molecule has 1 atom stereocenters. The molecule has 1 aliphatic heterocycles. The van der Waals surface area contributed by atoms with Crippen molar-refractivity contribution < 1.29 is 0 Å². The molecule has 1 unspecified atom stereocenters. The molecule has 0 saturated carbocycles. The third kappa shape index (κ3) is 1.00. The van der Waals surface area contributed by atoms with Crippen LogP contribution in [0.2, 0.25) is 0 Å². The van der Waals surface area contributed by atoms with Gasteiger partial charge in [-0.15, -0.1) is 0 Å². The summed E-state index contributed by atoms with van der Waals surface area (Å²) in [5.41, 5.74) is 2.57. The number of nitrogens with zero attached hydrogens (tertiary/aromatic N) is 2. The van der Waals surface area contributed by atoms with Crippen LogP contribution in [0.5, 0.6) is 0 Å². The van der Waals surface area contributed by atoms with Gasteiger partial charge in [-0.25, -0.2) is 0 Å². The normalized spacial score (nSPS) is 21.8. The Morgan fingerprint density at radius 3 is 3.08 bits per heavy atom. The first-order valence-electron chi connectivity index (χ1n) is 4.45. The van der Waals surface area contributed by atoms with Gasteiger partial charge in [-0.05, 0) is 19.3 Å². The smallest absolute Gasteiger partial charge is 0.127 e. The van der Waals surface area contributed by atoms with E-state index in [2.05, 4.69) is 24.3 Å². The van der Waals surface area contributed by atoms with Crippen molar-refractivity contribution in [1.82, 2.24) is 9.78 Å². The third-order valence-electron chi connectivity index (χ3n) is 2.52. The van der Waals surface area contributed by atoms with Gasteiger partial charge in [0.1, 0.15) is 5.82 Å². The molecule has 0 bridgehead atoms. The maximum Gasteiger partial charge on any atom is 0.127 e. The van der Waals surface area contributed by atoms with Crippen LogP contribution in [-0.2, 0) is 13.5 Å². The summed E-state index contributed by atoms with van der Waals surface area (Å²) in [6, 6.07) is 0. The average Bonchev–Trinajstić information content (AvgIpc) is 2.28. The van der Waals surface area contributed by atoms with Crippen LogP contribution in [0.3, 0.4) is 0 Å². The summed E-state index contributed by atoms with van der Waals surface area (Å²) in [5, 5.41) is 7.78. The zero-order valence-electron chi connectivity index (χ0n) is 7.89. The van der Waals surface area contributed by atoms with Crippen LogP contribution in [0.15, 0.2) is 0 Å². The lowest BCUT2D eigenvalue weighted by Gasteiger charge is -2.20. The first-order chi connectivity index (χ1) is 5.68. The molecule has 12 heavy (non-hydrogen) atoms. The second kappa shape index (κ2) is 2.51. The third-order valence-corrected chi connectivity index (χ3v) is 2.52. The molecule has 0 aromatic carbocycles. The highest BCUT2D eigenvalue weighted by Gasteiger charge is 2.20. The molecule has 0 radical (unpaired) electrons. The van der Waals surface area contributed by atoms with Crippen molar-refractivity contribution in [3.8, 4) is 0 Å². The van der Waals surface area contributed by atoms with Crippen molar-refractivity contribution >= 4 is 5.82 Å². The molecule has 2 heterocycles. The van der Waals surface area contributed by atoms with E-state index in [1.165, 1.54) is 23.5 Å². The van der Waals surface area contributed by atoms with Crippen molar-refractivity contribution in [1.29, 1.82) is 0 Å². The molecule has 0 spiro atoms. The molecule has 3 nitrogen and oxygen atoms in total. The second-order valence-corrected chi connectivity index (χ2v) is 3.73. The van der Waals surface area contributed by atoms with Crippen molar-refractivity contribution in [2.45, 2.75) is 20.3 Å². The largest absolute Gasteiger partial charge is 0.370 e. The topological polar surface area (TPSA) is 29.9 Å². The van der Waals surface area contributed by atoms with Gasteiger partial charge in [0.25, 0.3) is 0 Å².